The first-order chi connectivity index (χ1) is 14.6. The second-order valence-corrected chi connectivity index (χ2v) is 8.73. The zero-order chi connectivity index (χ0) is 20.7. The average molecular weight is 445 g/mol. The van der Waals surface area contributed by atoms with Gasteiger partial charge in [0.15, 0.2) is 0 Å². The van der Waals surface area contributed by atoms with Crippen molar-refractivity contribution in [1.82, 2.24) is 19.9 Å². The van der Waals surface area contributed by atoms with Crippen LogP contribution in [0.15, 0.2) is 59.0 Å². The van der Waals surface area contributed by atoms with Crippen molar-refractivity contribution in [2.45, 2.75) is 25.0 Å². The average Bonchev–Trinajstić information content (AvgIpc) is 3.32. The van der Waals surface area contributed by atoms with Gasteiger partial charge in [-0.25, -0.2) is 4.79 Å². The topological polar surface area (TPSA) is 62.3 Å². The number of halogens is 2. The van der Waals surface area contributed by atoms with Gasteiger partial charge < -0.3 is 4.98 Å². The second-order valence-electron chi connectivity index (χ2n) is 7.86. The molecule has 3 heterocycles. The highest BCUT2D eigenvalue weighted by Crippen LogP contribution is 2.29. The van der Waals surface area contributed by atoms with Crippen molar-refractivity contribution in [1.29, 1.82) is 0 Å². The number of H-pyrrole nitrogens is 1. The second kappa shape index (κ2) is 8.12. The molecular weight excluding hydrogens is 423 g/mol. The SMILES string of the molecule is O=c1[nH]c2cc(Cl)ccc2n1C1CCN(CC2=CC(c3cccc(Cl)c3)ON2)CC1. The van der Waals surface area contributed by atoms with Gasteiger partial charge in [-0.05, 0) is 54.8 Å². The molecule has 1 saturated heterocycles. The van der Waals surface area contributed by atoms with E-state index in [1.807, 2.05) is 41.0 Å². The van der Waals surface area contributed by atoms with E-state index in [-0.39, 0.29) is 17.8 Å². The molecular formula is C22H22Cl2N4O2. The van der Waals surface area contributed by atoms with Gasteiger partial charge in [0.1, 0.15) is 6.10 Å². The Morgan fingerprint density at radius 2 is 1.87 bits per heavy atom. The summed E-state index contributed by atoms with van der Waals surface area (Å²) in [5, 5.41) is 1.33. The minimum absolute atomic E-state index is 0.0661. The van der Waals surface area contributed by atoms with E-state index in [1.54, 1.807) is 6.07 Å². The molecule has 1 aromatic heterocycles. The molecule has 0 spiro atoms. The van der Waals surface area contributed by atoms with E-state index in [4.69, 9.17) is 28.0 Å². The lowest BCUT2D eigenvalue weighted by Crippen LogP contribution is -2.38. The largest absolute Gasteiger partial charge is 0.326 e. The summed E-state index contributed by atoms with van der Waals surface area (Å²) < 4.78 is 1.88. The Hall–Kier alpha value is -2.25. The number of hydrogen-bond donors (Lipinski definition) is 2. The van der Waals surface area contributed by atoms with Gasteiger partial charge >= 0.3 is 5.69 Å². The van der Waals surface area contributed by atoms with Crippen molar-refractivity contribution < 1.29 is 4.84 Å². The number of benzene rings is 2. The highest BCUT2D eigenvalue weighted by Gasteiger charge is 2.26. The molecule has 156 valence electrons. The van der Waals surface area contributed by atoms with Crippen molar-refractivity contribution in [2.24, 2.45) is 0 Å². The highest BCUT2D eigenvalue weighted by molar-refractivity contribution is 6.31. The zero-order valence-electron chi connectivity index (χ0n) is 16.3. The summed E-state index contributed by atoms with van der Waals surface area (Å²) in [5.74, 6) is 0. The smallest absolute Gasteiger partial charge is 0.305 e. The number of nitrogens with one attached hydrogen (secondary N) is 2. The van der Waals surface area contributed by atoms with Gasteiger partial charge in [-0.15, -0.1) is 0 Å². The monoisotopic (exact) mass is 444 g/mol. The minimum atomic E-state index is -0.132. The van der Waals surface area contributed by atoms with Crippen molar-refractivity contribution >= 4 is 34.2 Å². The van der Waals surface area contributed by atoms with Crippen LogP contribution in [0.3, 0.4) is 0 Å². The minimum Gasteiger partial charge on any atom is -0.305 e. The number of fused-ring (bicyclic) bond motifs is 1. The third-order valence-corrected chi connectivity index (χ3v) is 6.31. The normalized spacial score (nSPS) is 20.5. The Labute approximate surface area is 184 Å². The molecule has 2 N–H and O–H groups in total. The number of hydrogen-bond acceptors (Lipinski definition) is 4. The summed E-state index contributed by atoms with van der Waals surface area (Å²) in [6.07, 6.45) is 3.81. The van der Waals surface area contributed by atoms with E-state index in [2.05, 4.69) is 21.4 Å². The number of aromatic amines is 1. The predicted molar refractivity (Wildman–Crippen MR) is 119 cm³/mol. The van der Waals surface area contributed by atoms with Crippen LogP contribution < -0.4 is 11.2 Å². The molecule has 0 saturated carbocycles. The van der Waals surface area contributed by atoms with E-state index in [9.17, 15) is 4.79 Å². The molecule has 8 heteroatoms. The maximum absolute atomic E-state index is 12.5. The molecule has 5 rings (SSSR count). The Morgan fingerprint density at radius 1 is 1.07 bits per heavy atom. The summed E-state index contributed by atoms with van der Waals surface area (Å²) in [6.45, 7) is 2.62. The number of hydroxylamine groups is 1. The van der Waals surface area contributed by atoms with E-state index in [0.717, 1.165) is 54.8 Å². The summed E-state index contributed by atoms with van der Waals surface area (Å²) >= 11 is 12.1. The first-order valence-electron chi connectivity index (χ1n) is 10.1. The Balaban J connectivity index is 1.23. The molecule has 2 aliphatic heterocycles. The first-order valence-corrected chi connectivity index (χ1v) is 10.8. The summed E-state index contributed by atoms with van der Waals surface area (Å²) in [6, 6.07) is 13.5. The van der Waals surface area contributed by atoms with E-state index in [0.29, 0.717) is 10.0 Å². The van der Waals surface area contributed by atoms with Crippen LogP contribution >= 0.6 is 23.2 Å². The van der Waals surface area contributed by atoms with Crippen LogP contribution in [0, 0.1) is 0 Å². The van der Waals surface area contributed by atoms with Gasteiger partial charge in [0.2, 0.25) is 0 Å². The van der Waals surface area contributed by atoms with E-state index in [1.165, 1.54) is 0 Å². The fraction of sp³-hybridized carbons (Fsp3) is 0.318. The molecule has 1 fully saturated rings. The molecule has 1 atom stereocenters. The summed E-state index contributed by atoms with van der Waals surface area (Å²) in [7, 11) is 0. The Kier molecular flexibility index (Phi) is 5.33. The molecule has 30 heavy (non-hydrogen) atoms. The number of likely N-dealkylation sites (tertiary alicyclic amines) is 1. The van der Waals surface area contributed by atoms with Crippen LogP contribution in [0.1, 0.15) is 30.6 Å². The van der Waals surface area contributed by atoms with Crippen LogP contribution in [0.5, 0.6) is 0 Å². The van der Waals surface area contributed by atoms with Crippen LogP contribution in [0.4, 0.5) is 0 Å². The third-order valence-electron chi connectivity index (χ3n) is 5.84. The summed E-state index contributed by atoms with van der Waals surface area (Å²) in [5.41, 5.74) is 6.78. The fourth-order valence-corrected chi connectivity index (χ4v) is 4.74. The number of imidazole rings is 1. The zero-order valence-corrected chi connectivity index (χ0v) is 17.8. The molecule has 2 aliphatic rings. The molecule has 0 aliphatic carbocycles. The predicted octanol–water partition coefficient (Wildman–Crippen LogP) is 4.43. The molecule has 0 radical (unpaired) electrons. The lowest BCUT2D eigenvalue weighted by atomic mass is 10.0. The number of piperidine rings is 1. The molecule has 2 aromatic carbocycles. The van der Waals surface area contributed by atoms with Crippen LogP contribution in [0.25, 0.3) is 11.0 Å². The molecule has 3 aromatic rings. The number of nitrogens with zero attached hydrogens (tertiary/aromatic N) is 2. The fourth-order valence-electron chi connectivity index (χ4n) is 4.37. The molecule has 6 nitrogen and oxygen atoms in total. The maximum atomic E-state index is 12.5. The third kappa shape index (κ3) is 3.88. The van der Waals surface area contributed by atoms with Crippen molar-refractivity contribution in [3.63, 3.8) is 0 Å². The number of aromatic nitrogens is 2. The summed E-state index contributed by atoms with van der Waals surface area (Å²) in [4.78, 5) is 23.5. The van der Waals surface area contributed by atoms with E-state index < -0.39 is 0 Å². The number of rotatable bonds is 4. The van der Waals surface area contributed by atoms with Gasteiger partial charge in [0.05, 0.1) is 16.7 Å². The van der Waals surface area contributed by atoms with E-state index >= 15 is 0 Å². The maximum Gasteiger partial charge on any atom is 0.326 e. The van der Waals surface area contributed by atoms with Gasteiger partial charge in [-0.3, -0.25) is 19.8 Å². The van der Waals surface area contributed by atoms with Crippen molar-refractivity contribution in [2.75, 3.05) is 19.6 Å². The van der Waals surface area contributed by atoms with Crippen LogP contribution in [0.2, 0.25) is 10.0 Å². The Morgan fingerprint density at radius 3 is 2.67 bits per heavy atom. The van der Waals surface area contributed by atoms with Gasteiger partial charge in [-0.1, -0.05) is 35.3 Å². The standard InChI is InChI=1S/C22H22Cl2N4O2/c23-15-3-1-2-14(10-15)21-12-17(26-30-21)13-27-8-6-18(7-9-27)28-20-5-4-16(24)11-19(20)25-22(28)29/h1-5,10-12,18,21,26H,6-9,13H2,(H,25,29). The van der Waals surface area contributed by atoms with Crippen molar-refractivity contribution in [3.05, 3.63) is 80.3 Å². The van der Waals surface area contributed by atoms with Gasteiger partial charge in [-0.2, -0.15) is 0 Å². The highest BCUT2D eigenvalue weighted by atomic mass is 35.5. The first kappa shape index (κ1) is 19.7. The van der Waals surface area contributed by atoms with Crippen LogP contribution in [-0.2, 0) is 4.84 Å². The van der Waals surface area contributed by atoms with Crippen molar-refractivity contribution in [3.8, 4) is 0 Å². The quantitative estimate of drug-likeness (QED) is 0.624. The molecule has 1 unspecified atom stereocenters. The Bertz CT molecular complexity index is 1160. The molecule has 0 bridgehead atoms. The van der Waals surface area contributed by atoms with Gasteiger partial charge in [0.25, 0.3) is 0 Å². The van der Waals surface area contributed by atoms with Gasteiger partial charge in [0, 0.05) is 35.7 Å². The lowest BCUT2D eigenvalue weighted by Gasteiger charge is -2.32. The lowest BCUT2D eigenvalue weighted by molar-refractivity contribution is 0.0381. The van der Waals surface area contributed by atoms with Crippen LogP contribution in [-0.4, -0.2) is 34.1 Å². The molecule has 0 amide bonds.